The predicted molar refractivity (Wildman–Crippen MR) is 86.5 cm³/mol. The molecule has 2 aromatic rings. The summed E-state index contributed by atoms with van der Waals surface area (Å²) in [7, 11) is 0. The molecule has 3 rings (SSSR count). The topological polar surface area (TPSA) is 20.2 Å². The molecule has 0 radical (unpaired) electrons. The maximum absolute atomic E-state index is 9.88. The number of aromatic hydroxyl groups is 1. The van der Waals surface area contributed by atoms with E-state index in [1.807, 2.05) is 6.07 Å². The van der Waals surface area contributed by atoms with Crippen molar-refractivity contribution in [1.29, 1.82) is 0 Å². The molecule has 0 fully saturated rings. The van der Waals surface area contributed by atoms with Crippen LogP contribution in [0.1, 0.15) is 49.9 Å². The van der Waals surface area contributed by atoms with Crippen molar-refractivity contribution in [3.63, 3.8) is 0 Å². The van der Waals surface area contributed by atoms with Crippen molar-refractivity contribution in [2.45, 2.75) is 38.5 Å². The lowest BCUT2D eigenvalue weighted by molar-refractivity contribution is 0.465. The minimum absolute atomic E-state index is 0.0470. The molecule has 104 valence electrons. The fraction of sp³-hybridized carbons (Fsp3) is 0.333. The van der Waals surface area contributed by atoms with E-state index in [0.717, 1.165) is 4.47 Å². The second kappa shape index (κ2) is 4.11. The van der Waals surface area contributed by atoms with Crippen LogP contribution < -0.4 is 0 Å². The molecule has 0 bridgehead atoms. The molecular weight excluding hydrogens is 312 g/mol. The zero-order chi connectivity index (χ0) is 14.7. The number of halogens is 1. The number of phenols is 1. The molecule has 0 aromatic heterocycles. The molecule has 20 heavy (non-hydrogen) atoms. The fourth-order valence-corrected chi connectivity index (χ4v) is 3.82. The largest absolute Gasteiger partial charge is 0.508 e. The van der Waals surface area contributed by atoms with Gasteiger partial charge in [0.05, 0.1) is 0 Å². The van der Waals surface area contributed by atoms with Crippen molar-refractivity contribution in [2.24, 2.45) is 0 Å². The molecule has 1 aliphatic carbocycles. The lowest BCUT2D eigenvalue weighted by Gasteiger charge is -2.44. The highest BCUT2D eigenvalue weighted by Crippen LogP contribution is 2.50. The molecule has 0 spiro atoms. The zero-order valence-electron chi connectivity index (χ0n) is 12.3. The highest BCUT2D eigenvalue weighted by Gasteiger charge is 2.41. The Hall–Kier alpha value is -1.28. The number of phenolic OH excluding ortho intramolecular Hbond substituents is 1. The van der Waals surface area contributed by atoms with Crippen molar-refractivity contribution >= 4 is 15.9 Å². The zero-order valence-corrected chi connectivity index (χ0v) is 13.9. The molecule has 2 aromatic carbocycles. The normalized spacial score (nSPS) is 18.2. The van der Waals surface area contributed by atoms with Crippen LogP contribution in [0.4, 0.5) is 0 Å². The number of fused-ring (bicyclic) bond motifs is 2. The lowest BCUT2D eigenvalue weighted by atomic mass is 9.60. The molecule has 1 aliphatic rings. The molecule has 0 saturated carbocycles. The van der Waals surface area contributed by atoms with Gasteiger partial charge in [-0.1, -0.05) is 55.8 Å². The van der Waals surface area contributed by atoms with Gasteiger partial charge in [0.1, 0.15) is 5.75 Å². The minimum Gasteiger partial charge on any atom is -0.508 e. The number of hydrogen-bond acceptors (Lipinski definition) is 1. The Bertz CT molecular complexity index is 641. The monoisotopic (exact) mass is 330 g/mol. The fourth-order valence-electron chi connectivity index (χ4n) is 3.46. The molecule has 0 saturated heterocycles. The Balaban J connectivity index is 2.40. The molecular formula is C18H19BrO. The molecule has 0 aliphatic heterocycles. The van der Waals surface area contributed by atoms with E-state index in [-0.39, 0.29) is 10.8 Å². The van der Waals surface area contributed by atoms with Gasteiger partial charge in [0.25, 0.3) is 0 Å². The highest BCUT2D eigenvalue weighted by atomic mass is 79.9. The van der Waals surface area contributed by atoms with E-state index in [1.165, 1.54) is 22.3 Å². The van der Waals surface area contributed by atoms with Crippen molar-refractivity contribution in [2.75, 3.05) is 0 Å². The first kappa shape index (κ1) is 13.7. The molecule has 0 atom stereocenters. The Labute approximate surface area is 128 Å². The highest BCUT2D eigenvalue weighted by molar-refractivity contribution is 9.10. The van der Waals surface area contributed by atoms with Crippen LogP contribution >= 0.6 is 15.9 Å². The molecule has 0 unspecified atom stereocenters. The molecule has 0 amide bonds. The summed E-state index contributed by atoms with van der Waals surface area (Å²) in [5.74, 6) is 0.339. The maximum Gasteiger partial charge on any atom is 0.115 e. The summed E-state index contributed by atoms with van der Waals surface area (Å²) in [5.41, 5.74) is 5.05. The molecule has 1 N–H and O–H groups in total. The maximum atomic E-state index is 9.88. The van der Waals surface area contributed by atoms with E-state index in [4.69, 9.17) is 0 Å². The van der Waals surface area contributed by atoms with Crippen molar-refractivity contribution in [3.8, 4) is 5.75 Å². The third-order valence-corrected chi connectivity index (χ3v) is 5.17. The molecule has 2 heteroatoms. The third kappa shape index (κ3) is 1.74. The van der Waals surface area contributed by atoms with Gasteiger partial charge in [-0.25, -0.2) is 0 Å². The van der Waals surface area contributed by atoms with E-state index in [0.29, 0.717) is 5.75 Å². The Morgan fingerprint density at radius 2 is 1.25 bits per heavy atom. The summed E-state index contributed by atoms with van der Waals surface area (Å²) in [4.78, 5) is 0. The van der Waals surface area contributed by atoms with Gasteiger partial charge in [-0.15, -0.1) is 0 Å². The summed E-state index contributed by atoms with van der Waals surface area (Å²) < 4.78 is 1.10. The van der Waals surface area contributed by atoms with Gasteiger partial charge in [-0.2, -0.15) is 0 Å². The van der Waals surface area contributed by atoms with Gasteiger partial charge in [0.2, 0.25) is 0 Å². The van der Waals surface area contributed by atoms with Crippen LogP contribution in [0.25, 0.3) is 0 Å². The summed E-state index contributed by atoms with van der Waals surface area (Å²) in [6.45, 7) is 8.97. The summed E-state index contributed by atoms with van der Waals surface area (Å²) in [5, 5.41) is 9.88. The average molecular weight is 331 g/mol. The summed E-state index contributed by atoms with van der Waals surface area (Å²) in [6.07, 6.45) is 0. The van der Waals surface area contributed by atoms with Gasteiger partial charge in [-0.05, 0) is 46.5 Å². The number of rotatable bonds is 0. The average Bonchev–Trinajstić information content (AvgIpc) is 2.36. The standard InChI is InChI=1S/C18H19BrO/c1-17(2)13-7-5-11(19)9-15(13)18(3,4)16-10-12(20)6-8-14(16)17/h5-10,20H,1-4H3. The van der Waals surface area contributed by atoms with Gasteiger partial charge in [0.15, 0.2) is 0 Å². The summed E-state index contributed by atoms with van der Waals surface area (Å²) >= 11 is 3.58. The Morgan fingerprint density at radius 3 is 1.90 bits per heavy atom. The minimum atomic E-state index is -0.108. The van der Waals surface area contributed by atoms with Crippen LogP contribution in [0.3, 0.4) is 0 Å². The number of hydrogen-bond donors (Lipinski definition) is 1. The van der Waals surface area contributed by atoms with Crippen LogP contribution in [-0.4, -0.2) is 5.11 Å². The van der Waals surface area contributed by atoms with Crippen LogP contribution in [0.2, 0.25) is 0 Å². The van der Waals surface area contributed by atoms with Gasteiger partial charge < -0.3 is 5.11 Å². The van der Waals surface area contributed by atoms with Crippen LogP contribution in [0, 0.1) is 0 Å². The van der Waals surface area contributed by atoms with Crippen molar-refractivity contribution < 1.29 is 5.11 Å². The third-order valence-electron chi connectivity index (χ3n) is 4.68. The smallest absolute Gasteiger partial charge is 0.115 e. The predicted octanol–water partition coefficient (Wildman–Crippen LogP) is 5.12. The Kier molecular flexibility index (Phi) is 2.81. The lowest BCUT2D eigenvalue weighted by Crippen LogP contribution is -2.36. The van der Waals surface area contributed by atoms with E-state index in [1.54, 1.807) is 6.07 Å². The van der Waals surface area contributed by atoms with E-state index in [9.17, 15) is 5.11 Å². The van der Waals surface area contributed by atoms with Crippen molar-refractivity contribution in [1.82, 2.24) is 0 Å². The SMILES string of the molecule is CC1(C)c2ccc(O)cc2C(C)(C)c2cc(Br)ccc21. The van der Waals surface area contributed by atoms with Crippen LogP contribution in [0.15, 0.2) is 40.9 Å². The quantitative estimate of drug-likeness (QED) is 0.710. The van der Waals surface area contributed by atoms with Gasteiger partial charge in [-0.3, -0.25) is 0 Å². The van der Waals surface area contributed by atoms with E-state index < -0.39 is 0 Å². The first-order valence-electron chi connectivity index (χ1n) is 6.89. The number of benzene rings is 2. The second-order valence-electron chi connectivity index (χ2n) is 6.67. The van der Waals surface area contributed by atoms with Gasteiger partial charge in [0, 0.05) is 15.3 Å². The second-order valence-corrected chi connectivity index (χ2v) is 7.59. The summed E-state index contributed by atoms with van der Waals surface area (Å²) in [6, 6.07) is 12.3. The van der Waals surface area contributed by atoms with E-state index in [2.05, 4.69) is 67.9 Å². The molecule has 0 heterocycles. The van der Waals surface area contributed by atoms with Crippen LogP contribution in [-0.2, 0) is 10.8 Å². The first-order valence-corrected chi connectivity index (χ1v) is 7.68. The van der Waals surface area contributed by atoms with Crippen molar-refractivity contribution in [3.05, 3.63) is 63.1 Å². The molecule has 1 nitrogen and oxygen atoms in total. The van der Waals surface area contributed by atoms with Gasteiger partial charge >= 0.3 is 0 Å². The van der Waals surface area contributed by atoms with E-state index >= 15 is 0 Å². The Morgan fingerprint density at radius 1 is 0.750 bits per heavy atom. The first-order chi connectivity index (χ1) is 9.24. The van der Waals surface area contributed by atoms with Crippen LogP contribution in [0.5, 0.6) is 5.75 Å².